The molecule has 0 bridgehead atoms. The lowest BCUT2D eigenvalue weighted by atomic mass is 10.1. The van der Waals surface area contributed by atoms with Crippen molar-refractivity contribution >= 4 is 38.8 Å². The van der Waals surface area contributed by atoms with Crippen molar-refractivity contribution in [3.8, 4) is 0 Å². The summed E-state index contributed by atoms with van der Waals surface area (Å²) in [5.41, 5.74) is 2.02. The molecule has 0 spiro atoms. The van der Waals surface area contributed by atoms with E-state index in [1.807, 2.05) is 18.2 Å². The second-order valence-electron chi connectivity index (χ2n) is 4.69. The Kier molecular flexibility index (Phi) is 5.60. The lowest BCUT2D eigenvalue weighted by Crippen LogP contribution is -2.10. The van der Waals surface area contributed by atoms with E-state index in [-0.39, 0.29) is 12.4 Å². The highest BCUT2D eigenvalue weighted by Crippen LogP contribution is 2.27. The molecule has 1 heterocycles. The molecule has 1 aromatic heterocycles. The van der Waals surface area contributed by atoms with Crippen LogP contribution in [0.2, 0.25) is 0 Å². The monoisotopic (exact) mass is 367 g/mol. The van der Waals surface area contributed by atoms with Gasteiger partial charge in [0.1, 0.15) is 5.69 Å². The number of hydrogen-bond acceptors (Lipinski definition) is 4. The van der Waals surface area contributed by atoms with Crippen LogP contribution < -0.4 is 0 Å². The smallest absolute Gasteiger partial charge is 0.355 e. The summed E-state index contributed by atoms with van der Waals surface area (Å²) in [5.74, 6) is -0.685. The van der Waals surface area contributed by atoms with Crippen LogP contribution >= 0.6 is 15.9 Å². The molecule has 0 aliphatic heterocycles. The molecule has 0 fully saturated rings. The second-order valence-corrected chi connectivity index (χ2v) is 5.61. The van der Waals surface area contributed by atoms with Gasteiger partial charge in [-0.15, -0.1) is 0 Å². The van der Waals surface area contributed by atoms with Gasteiger partial charge >= 0.3 is 11.9 Å². The van der Waals surface area contributed by atoms with Crippen LogP contribution in [0.1, 0.15) is 36.3 Å². The first kappa shape index (κ1) is 16.5. The summed E-state index contributed by atoms with van der Waals surface area (Å²) < 4.78 is 10.9. The highest BCUT2D eigenvalue weighted by Gasteiger charge is 2.19. The summed E-state index contributed by atoms with van der Waals surface area (Å²) in [6.07, 6.45) is 0.642. The van der Waals surface area contributed by atoms with Gasteiger partial charge in [-0.05, 0) is 44.0 Å². The predicted molar refractivity (Wildman–Crippen MR) is 86.9 cm³/mol. The van der Waals surface area contributed by atoms with Crippen LogP contribution in [0.25, 0.3) is 10.9 Å². The van der Waals surface area contributed by atoms with Gasteiger partial charge in [-0.25, -0.2) is 4.79 Å². The van der Waals surface area contributed by atoms with Crippen molar-refractivity contribution in [2.75, 3.05) is 13.2 Å². The minimum Gasteiger partial charge on any atom is -0.466 e. The largest absolute Gasteiger partial charge is 0.466 e. The molecule has 0 amide bonds. The number of aromatic nitrogens is 1. The minimum atomic E-state index is -0.409. The van der Waals surface area contributed by atoms with Crippen molar-refractivity contribution in [3.05, 3.63) is 33.9 Å². The number of halogens is 1. The van der Waals surface area contributed by atoms with Crippen molar-refractivity contribution in [3.63, 3.8) is 0 Å². The summed E-state index contributed by atoms with van der Waals surface area (Å²) in [4.78, 5) is 26.8. The zero-order valence-electron chi connectivity index (χ0n) is 12.6. The van der Waals surface area contributed by atoms with Crippen molar-refractivity contribution in [2.24, 2.45) is 0 Å². The molecule has 0 atom stereocenters. The molecular weight excluding hydrogens is 350 g/mol. The van der Waals surface area contributed by atoms with Crippen LogP contribution in [0.15, 0.2) is 22.7 Å². The molecule has 0 aliphatic rings. The second kappa shape index (κ2) is 7.45. The number of H-pyrrole nitrogens is 1. The Morgan fingerprint density at radius 3 is 2.59 bits per heavy atom. The fraction of sp³-hybridized carbons (Fsp3) is 0.375. The molecule has 1 N–H and O–H groups in total. The van der Waals surface area contributed by atoms with E-state index in [1.165, 1.54) is 0 Å². The number of carbonyl (C=O) groups is 2. The molecule has 0 aliphatic carbocycles. The average Bonchev–Trinajstić information content (AvgIpc) is 2.83. The first-order chi connectivity index (χ1) is 10.6. The van der Waals surface area contributed by atoms with Crippen LogP contribution in [0.3, 0.4) is 0 Å². The van der Waals surface area contributed by atoms with Gasteiger partial charge in [0.15, 0.2) is 0 Å². The van der Waals surface area contributed by atoms with E-state index in [9.17, 15) is 9.59 Å². The van der Waals surface area contributed by atoms with Crippen LogP contribution in [-0.2, 0) is 20.7 Å². The van der Waals surface area contributed by atoms with Crippen LogP contribution in [-0.4, -0.2) is 30.1 Å². The Morgan fingerprint density at radius 1 is 1.18 bits per heavy atom. The molecule has 5 nitrogen and oxygen atoms in total. The quantitative estimate of drug-likeness (QED) is 0.791. The Morgan fingerprint density at radius 2 is 1.91 bits per heavy atom. The summed E-state index contributed by atoms with van der Waals surface area (Å²) >= 11 is 3.43. The Bertz CT molecular complexity index is 693. The maximum absolute atomic E-state index is 12.1. The van der Waals surface area contributed by atoms with Crippen molar-refractivity contribution in [1.29, 1.82) is 0 Å². The number of rotatable bonds is 6. The minimum absolute atomic E-state index is 0.222. The molecule has 1 aromatic carbocycles. The molecule has 0 unspecified atom stereocenters. The highest BCUT2D eigenvalue weighted by atomic mass is 79.9. The van der Waals surface area contributed by atoms with Gasteiger partial charge in [-0.3, -0.25) is 4.79 Å². The van der Waals surface area contributed by atoms with E-state index in [4.69, 9.17) is 9.47 Å². The number of aryl methyl sites for hydroxylation is 1. The zero-order valence-corrected chi connectivity index (χ0v) is 14.2. The molecule has 0 saturated heterocycles. The average molecular weight is 368 g/mol. The van der Waals surface area contributed by atoms with E-state index in [2.05, 4.69) is 20.9 Å². The third-order valence-electron chi connectivity index (χ3n) is 3.23. The lowest BCUT2D eigenvalue weighted by molar-refractivity contribution is -0.143. The topological polar surface area (TPSA) is 68.4 Å². The molecule has 2 rings (SSSR count). The number of fused-ring (bicyclic) bond motifs is 1. The first-order valence-electron chi connectivity index (χ1n) is 7.19. The number of hydrogen-bond donors (Lipinski definition) is 1. The molecule has 118 valence electrons. The Balaban J connectivity index is 2.38. The summed E-state index contributed by atoms with van der Waals surface area (Å²) in [6.45, 7) is 4.18. The molecule has 22 heavy (non-hydrogen) atoms. The number of aromatic amines is 1. The number of ether oxygens (including phenoxy) is 2. The number of benzene rings is 1. The highest BCUT2D eigenvalue weighted by molar-refractivity contribution is 9.10. The summed E-state index contributed by atoms with van der Waals surface area (Å²) in [5, 5.41) is 0.904. The maximum atomic E-state index is 12.1. The van der Waals surface area contributed by atoms with Gasteiger partial charge in [0.25, 0.3) is 0 Å². The van der Waals surface area contributed by atoms with Gasteiger partial charge in [0, 0.05) is 21.8 Å². The SMILES string of the molecule is CCOC(=O)CCc1c(C(=O)OCC)[nH]c2ccc(Br)cc12. The maximum Gasteiger partial charge on any atom is 0.355 e. The fourth-order valence-corrected chi connectivity index (χ4v) is 2.68. The van der Waals surface area contributed by atoms with Gasteiger partial charge in [0.05, 0.1) is 13.2 Å². The molecule has 2 aromatic rings. The summed E-state index contributed by atoms with van der Waals surface area (Å²) in [6, 6.07) is 5.70. The van der Waals surface area contributed by atoms with Gasteiger partial charge in [0.2, 0.25) is 0 Å². The van der Waals surface area contributed by atoms with E-state index >= 15 is 0 Å². The van der Waals surface area contributed by atoms with Crippen LogP contribution in [0.5, 0.6) is 0 Å². The number of carbonyl (C=O) groups excluding carboxylic acids is 2. The number of nitrogens with one attached hydrogen (secondary N) is 1. The zero-order chi connectivity index (χ0) is 16.1. The number of esters is 2. The van der Waals surface area contributed by atoms with Crippen molar-refractivity contribution in [2.45, 2.75) is 26.7 Å². The van der Waals surface area contributed by atoms with Crippen LogP contribution in [0, 0.1) is 0 Å². The third-order valence-corrected chi connectivity index (χ3v) is 3.73. The summed E-state index contributed by atoms with van der Waals surface area (Å²) in [7, 11) is 0. The van der Waals surface area contributed by atoms with Gasteiger partial charge < -0.3 is 14.5 Å². The molecular formula is C16H18BrNO4. The van der Waals surface area contributed by atoms with Gasteiger partial charge in [-0.2, -0.15) is 0 Å². The predicted octanol–water partition coefficient (Wildman–Crippen LogP) is 3.60. The van der Waals surface area contributed by atoms with Crippen molar-refractivity contribution in [1.82, 2.24) is 4.98 Å². The third kappa shape index (κ3) is 3.68. The standard InChI is InChI=1S/C16H18BrNO4/c1-3-21-14(19)8-6-11-12-9-10(17)5-7-13(12)18-15(11)16(20)22-4-2/h5,7,9,18H,3-4,6,8H2,1-2H3. The Labute approximate surface area is 137 Å². The van der Waals surface area contributed by atoms with E-state index in [0.29, 0.717) is 25.3 Å². The van der Waals surface area contributed by atoms with Crippen LogP contribution in [0.4, 0.5) is 0 Å². The fourth-order valence-electron chi connectivity index (χ4n) is 2.32. The van der Waals surface area contributed by atoms with E-state index < -0.39 is 5.97 Å². The normalized spacial score (nSPS) is 10.7. The Hall–Kier alpha value is -1.82. The molecule has 0 saturated carbocycles. The van der Waals surface area contributed by atoms with Gasteiger partial charge in [-0.1, -0.05) is 15.9 Å². The lowest BCUT2D eigenvalue weighted by Gasteiger charge is -2.05. The first-order valence-corrected chi connectivity index (χ1v) is 7.99. The van der Waals surface area contributed by atoms with E-state index in [1.54, 1.807) is 13.8 Å². The van der Waals surface area contributed by atoms with E-state index in [0.717, 1.165) is 20.9 Å². The molecule has 6 heteroatoms. The van der Waals surface area contributed by atoms with Crippen molar-refractivity contribution < 1.29 is 19.1 Å². The molecule has 0 radical (unpaired) electrons.